The molecule has 3 rings (SSSR count). The zero-order valence-corrected chi connectivity index (χ0v) is 15.1. The Morgan fingerprint density at radius 3 is 2.62 bits per heavy atom. The molecule has 0 radical (unpaired) electrons. The molecule has 1 N–H and O–H groups in total. The van der Waals surface area contributed by atoms with E-state index in [9.17, 15) is 18.8 Å². The van der Waals surface area contributed by atoms with Crippen molar-refractivity contribution in [2.75, 3.05) is 5.32 Å². The van der Waals surface area contributed by atoms with E-state index in [0.29, 0.717) is 0 Å². The highest BCUT2D eigenvalue weighted by Gasteiger charge is 2.20. The van der Waals surface area contributed by atoms with E-state index >= 15 is 0 Å². The van der Waals surface area contributed by atoms with E-state index in [2.05, 4.69) is 10.3 Å². The maximum atomic E-state index is 13.7. The van der Waals surface area contributed by atoms with E-state index in [1.165, 1.54) is 26.2 Å². The molecule has 11 heteroatoms. The van der Waals surface area contributed by atoms with Crippen molar-refractivity contribution in [1.29, 1.82) is 0 Å². The number of nitrogens with zero attached hydrogens (tertiary/aromatic N) is 4. The summed E-state index contributed by atoms with van der Waals surface area (Å²) in [6.07, 6.45) is 0. The molecule has 2 heterocycles. The standard InChI is InChI=1S/C15H12Cl2FN5O3/c1-21-12-11(13(25)22(2)15(21)26)23(14(17)20-12)6-10(24)19-9-5-7(16)3-4-8(9)18/h3-5H,6H2,1-2H3,(H,19,24). The zero-order chi connectivity index (χ0) is 19.2. The highest BCUT2D eigenvalue weighted by Crippen LogP contribution is 2.20. The Morgan fingerprint density at radius 2 is 1.92 bits per heavy atom. The van der Waals surface area contributed by atoms with Crippen LogP contribution < -0.4 is 16.6 Å². The minimum Gasteiger partial charge on any atom is -0.322 e. The van der Waals surface area contributed by atoms with Crippen LogP contribution in [-0.4, -0.2) is 24.6 Å². The summed E-state index contributed by atoms with van der Waals surface area (Å²) in [6, 6.07) is 3.71. The van der Waals surface area contributed by atoms with Gasteiger partial charge >= 0.3 is 5.69 Å². The van der Waals surface area contributed by atoms with Gasteiger partial charge in [0.2, 0.25) is 11.2 Å². The molecule has 0 atom stereocenters. The van der Waals surface area contributed by atoms with E-state index in [1.54, 1.807) is 0 Å². The van der Waals surface area contributed by atoms with Crippen LogP contribution in [0.3, 0.4) is 0 Å². The predicted octanol–water partition coefficient (Wildman–Crippen LogP) is 1.52. The minimum atomic E-state index is -0.664. The highest BCUT2D eigenvalue weighted by atomic mass is 35.5. The third-order valence-corrected chi connectivity index (χ3v) is 4.33. The summed E-state index contributed by atoms with van der Waals surface area (Å²) in [6.45, 7) is -0.408. The molecule has 0 spiro atoms. The number of benzene rings is 1. The number of nitrogens with one attached hydrogen (secondary N) is 1. The monoisotopic (exact) mass is 399 g/mol. The Kier molecular flexibility index (Phi) is 4.59. The molecule has 0 aliphatic rings. The van der Waals surface area contributed by atoms with Crippen LogP contribution in [0.25, 0.3) is 11.2 Å². The van der Waals surface area contributed by atoms with Gasteiger partial charge in [-0.15, -0.1) is 0 Å². The fourth-order valence-corrected chi connectivity index (χ4v) is 2.89. The molecule has 26 heavy (non-hydrogen) atoms. The first kappa shape index (κ1) is 18.2. The van der Waals surface area contributed by atoms with Crippen LogP contribution in [0.5, 0.6) is 0 Å². The average molecular weight is 400 g/mol. The number of hydrogen-bond donors (Lipinski definition) is 1. The van der Waals surface area contributed by atoms with Crippen LogP contribution in [0.1, 0.15) is 0 Å². The summed E-state index contributed by atoms with van der Waals surface area (Å²) >= 11 is 11.8. The number of imidazole rings is 1. The van der Waals surface area contributed by atoms with Crippen molar-refractivity contribution < 1.29 is 9.18 Å². The summed E-state index contributed by atoms with van der Waals surface area (Å²) in [5, 5.41) is 2.45. The van der Waals surface area contributed by atoms with Gasteiger partial charge in [-0.2, -0.15) is 4.98 Å². The lowest BCUT2D eigenvalue weighted by Gasteiger charge is -2.09. The Morgan fingerprint density at radius 1 is 1.23 bits per heavy atom. The Balaban J connectivity index is 2.03. The van der Waals surface area contributed by atoms with E-state index in [-0.39, 0.29) is 27.2 Å². The second-order valence-electron chi connectivity index (χ2n) is 5.52. The minimum absolute atomic E-state index is 0.0127. The molecule has 0 saturated heterocycles. The molecule has 8 nitrogen and oxygen atoms in total. The quantitative estimate of drug-likeness (QED) is 0.675. The molecule has 0 aliphatic carbocycles. The van der Waals surface area contributed by atoms with Gasteiger partial charge in [0.25, 0.3) is 5.56 Å². The summed E-state index contributed by atoms with van der Waals surface area (Å²) in [7, 11) is 2.73. The van der Waals surface area contributed by atoms with Crippen molar-refractivity contribution in [1.82, 2.24) is 18.7 Å². The first-order chi connectivity index (χ1) is 12.2. The third kappa shape index (κ3) is 2.99. The first-order valence-electron chi connectivity index (χ1n) is 7.27. The van der Waals surface area contributed by atoms with Gasteiger partial charge in [0, 0.05) is 19.1 Å². The largest absolute Gasteiger partial charge is 0.332 e. The molecule has 0 fully saturated rings. The summed E-state index contributed by atoms with van der Waals surface area (Å²) in [5.41, 5.74) is -1.30. The van der Waals surface area contributed by atoms with Crippen LogP contribution in [0.15, 0.2) is 27.8 Å². The molecular weight excluding hydrogens is 388 g/mol. The number of halogens is 3. The van der Waals surface area contributed by atoms with Gasteiger partial charge in [0.1, 0.15) is 12.4 Å². The van der Waals surface area contributed by atoms with E-state index in [0.717, 1.165) is 19.8 Å². The van der Waals surface area contributed by atoms with Crippen LogP contribution in [0.2, 0.25) is 10.3 Å². The summed E-state index contributed by atoms with van der Waals surface area (Å²) < 4.78 is 16.9. The highest BCUT2D eigenvalue weighted by molar-refractivity contribution is 6.31. The number of aryl methyl sites for hydroxylation is 1. The van der Waals surface area contributed by atoms with Crippen LogP contribution >= 0.6 is 23.2 Å². The predicted molar refractivity (Wildman–Crippen MR) is 95.3 cm³/mol. The van der Waals surface area contributed by atoms with Crippen molar-refractivity contribution in [3.8, 4) is 0 Å². The lowest BCUT2D eigenvalue weighted by atomic mass is 10.3. The van der Waals surface area contributed by atoms with Crippen molar-refractivity contribution in [3.63, 3.8) is 0 Å². The fraction of sp³-hybridized carbons (Fsp3) is 0.200. The molecule has 2 aromatic heterocycles. The average Bonchev–Trinajstić information content (AvgIpc) is 2.91. The fourth-order valence-electron chi connectivity index (χ4n) is 2.49. The van der Waals surface area contributed by atoms with Crippen LogP contribution in [-0.2, 0) is 25.4 Å². The van der Waals surface area contributed by atoms with Crippen molar-refractivity contribution >= 4 is 46.0 Å². The van der Waals surface area contributed by atoms with E-state index in [4.69, 9.17) is 23.2 Å². The summed E-state index contributed by atoms with van der Waals surface area (Å²) in [4.78, 5) is 40.6. The molecule has 0 saturated carbocycles. The number of amides is 1. The van der Waals surface area contributed by atoms with Gasteiger partial charge in [-0.1, -0.05) is 11.6 Å². The van der Waals surface area contributed by atoms with E-state index < -0.39 is 29.5 Å². The van der Waals surface area contributed by atoms with Gasteiger partial charge in [-0.3, -0.25) is 23.3 Å². The summed E-state index contributed by atoms with van der Waals surface area (Å²) in [5.74, 6) is -1.31. The molecule has 0 unspecified atom stereocenters. The SMILES string of the molecule is Cn1c(=O)c2c(nc(Cl)n2CC(=O)Nc2cc(Cl)ccc2F)n(C)c1=O. The lowest BCUT2D eigenvalue weighted by Crippen LogP contribution is -2.37. The zero-order valence-electron chi connectivity index (χ0n) is 13.6. The Bertz CT molecular complexity index is 1160. The number of rotatable bonds is 3. The van der Waals surface area contributed by atoms with Crippen molar-refractivity contribution in [2.24, 2.45) is 14.1 Å². The Labute approximate surface area is 155 Å². The molecule has 1 aromatic carbocycles. The smallest absolute Gasteiger partial charge is 0.322 e. The maximum Gasteiger partial charge on any atom is 0.332 e. The number of aromatic nitrogens is 4. The normalized spacial score (nSPS) is 11.1. The van der Waals surface area contributed by atoms with Crippen molar-refractivity contribution in [2.45, 2.75) is 6.54 Å². The number of anilines is 1. The third-order valence-electron chi connectivity index (χ3n) is 3.81. The van der Waals surface area contributed by atoms with Gasteiger partial charge in [0.05, 0.1) is 5.69 Å². The lowest BCUT2D eigenvalue weighted by molar-refractivity contribution is -0.116. The number of fused-ring (bicyclic) bond motifs is 1. The molecule has 1 amide bonds. The first-order valence-corrected chi connectivity index (χ1v) is 8.03. The van der Waals surface area contributed by atoms with Gasteiger partial charge in [-0.05, 0) is 29.8 Å². The van der Waals surface area contributed by atoms with E-state index in [1.807, 2.05) is 0 Å². The molecule has 136 valence electrons. The molecule has 0 bridgehead atoms. The number of carbonyl (C=O) groups excluding carboxylic acids is 1. The molecule has 3 aromatic rings. The van der Waals surface area contributed by atoms with Gasteiger partial charge in [-0.25, -0.2) is 9.18 Å². The molecular formula is C15H12Cl2FN5O3. The van der Waals surface area contributed by atoms with Crippen LogP contribution in [0.4, 0.5) is 10.1 Å². The number of carbonyl (C=O) groups is 1. The number of hydrogen-bond acceptors (Lipinski definition) is 4. The maximum absolute atomic E-state index is 13.7. The second-order valence-corrected chi connectivity index (χ2v) is 6.29. The van der Waals surface area contributed by atoms with Crippen molar-refractivity contribution in [3.05, 3.63) is 55.2 Å². The van der Waals surface area contributed by atoms with Crippen LogP contribution in [0, 0.1) is 5.82 Å². The second kappa shape index (κ2) is 6.58. The Hall–Kier alpha value is -2.65. The molecule has 0 aliphatic heterocycles. The van der Waals surface area contributed by atoms with Gasteiger partial charge in [0.15, 0.2) is 11.2 Å². The topological polar surface area (TPSA) is 90.9 Å². The van der Waals surface area contributed by atoms with Gasteiger partial charge < -0.3 is 5.32 Å².